The molecular weight excluding hydrogens is 187 g/mol. The zero-order valence-corrected chi connectivity index (χ0v) is 9.59. The summed E-state index contributed by atoms with van der Waals surface area (Å²) in [6.45, 7) is 4.22. The van der Waals surface area contributed by atoms with Crippen molar-refractivity contribution in [3.05, 3.63) is 35.1 Å². The summed E-state index contributed by atoms with van der Waals surface area (Å²) in [5.74, 6) is 1.40. The lowest BCUT2D eigenvalue weighted by molar-refractivity contribution is 0.346. The van der Waals surface area contributed by atoms with Gasteiger partial charge in [-0.25, -0.2) is 4.39 Å². The van der Waals surface area contributed by atoms with Gasteiger partial charge in [-0.1, -0.05) is 31.9 Å². The smallest absolute Gasteiger partial charge is 0.126 e. The summed E-state index contributed by atoms with van der Waals surface area (Å²) < 4.78 is 13.4. The average Bonchev–Trinajstić information content (AvgIpc) is 2.24. The standard InChI is InChI=1S/C14H19F/c1-10-6-8-12(9-7-10)13-4-3-5-14(15)11(13)2/h3-5,10,12H,6-9H2,1-2H3. The van der Waals surface area contributed by atoms with Gasteiger partial charge in [-0.05, 0) is 48.8 Å². The van der Waals surface area contributed by atoms with Crippen LogP contribution in [0, 0.1) is 18.7 Å². The molecule has 0 aromatic heterocycles. The Kier molecular flexibility index (Phi) is 3.08. The summed E-state index contributed by atoms with van der Waals surface area (Å²) in [6, 6.07) is 5.50. The Morgan fingerprint density at radius 3 is 2.47 bits per heavy atom. The van der Waals surface area contributed by atoms with Crippen LogP contribution in [0.25, 0.3) is 0 Å². The van der Waals surface area contributed by atoms with Gasteiger partial charge in [0, 0.05) is 0 Å². The molecule has 0 unspecified atom stereocenters. The molecule has 0 amide bonds. The molecule has 0 heterocycles. The molecule has 1 saturated carbocycles. The van der Waals surface area contributed by atoms with E-state index in [9.17, 15) is 4.39 Å². The fourth-order valence-corrected chi connectivity index (χ4v) is 2.64. The van der Waals surface area contributed by atoms with E-state index in [1.165, 1.54) is 31.2 Å². The largest absolute Gasteiger partial charge is 0.207 e. The van der Waals surface area contributed by atoms with Crippen LogP contribution in [0.4, 0.5) is 4.39 Å². The summed E-state index contributed by atoms with van der Waals surface area (Å²) >= 11 is 0. The van der Waals surface area contributed by atoms with Crippen LogP contribution in [0.3, 0.4) is 0 Å². The van der Waals surface area contributed by atoms with Gasteiger partial charge in [0.25, 0.3) is 0 Å². The Morgan fingerprint density at radius 2 is 1.80 bits per heavy atom. The first kappa shape index (κ1) is 10.7. The van der Waals surface area contributed by atoms with Crippen molar-refractivity contribution in [1.82, 2.24) is 0 Å². The van der Waals surface area contributed by atoms with Gasteiger partial charge in [0.05, 0.1) is 0 Å². The zero-order valence-electron chi connectivity index (χ0n) is 9.59. The Balaban J connectivity index is 2.19. The average molecular weight is 206 g/mol. The quantitative estimate of drug-likeness (QED) is 0.637. The third-order valence-electron chi connectivity index (χ3n) is 3.77. The lowest BCUT2D eigenvalue weighted by Crippen LogP contribution is -2.12. The normalized spacial score (nSPS) is 26.6. The molecule has 2 rings (SSSR count). The number of halogens is 1. The lowest BCUT2D eigenvalue weighted by Gasteiger charge is -2.27. The molecule has 0 bridgehead atoms. The van der Waals surface area contributed by atoms with Crippen molar-refractivity contribution in [2.24, 2.45) is 5.92 Å². The zero-order chi connectivity index (χ0) is 10.8. The maximum absolute atomic E-state index is 13.4. The van der Waals surface area contributed by atoms with E-state index < -0.39 is 0 Å². The van der Waals surface area contributed by atoms with E-state index >= 15 is 0 Å². The van der Waals surface area contributed by atoms with Crippen LogP contribution in [-0.4, -0.2) is 0 Å². The van der Waals surface area contributed by atoms with Gasteiger partial charge < -0.3 is 0 Å². The van der Waals surface area contributed by atoms with Crippen LogP contribution in [-0.2, 0) is 0 Å². The van der Waals surface area contributed by atoms with Crippen molar-refractivity contribution < 1.29 is 4.39 Å². The van der Waals surface area contributed by atoms with Crippen molar-refractivity contribution in [3.8, 4) is 0 Å². The van der Waals surface area contributed by atoms with Crippen molar-refractivity contribution in [2.45, 2.75) is 45.4 Å². The molecule has 0 atom stereocenters. The van der Waals surface area contributed by atoms with E-state index in [4.69, 9.17) is 0 Å². The Bertz CT molecular complexity index is 335. The number of hydrogen-bond donors (Lipinski definition) is 0. The van der Waals surface area contributed by atoms with Crippen LogP contribution in [0.1, 0.15) is 49.7 Å². The molecule has 0 aliphatic heterocycles. The number of rotatable bonds is 1. The minimum absolute atomic E-state index is 0.0499. The van der Waals surface area contributed by atoms with Crippen molar-refractivity contribution in [3.63, 3.8) is 0 Å². The molecule has 1 heteroatoms. The fourth-order valence-electron chi connectivity index (χ4n) is 2.64. The molecule has 0 N–H and O–H groups in total. The molecule has 0 saturated heterocycles. The van der Waals surface area contributed by atoms with Crippen LogP contribution >= 0.6 is 0 Å². The van der Waals surface area contributed by atoms with E-state index in [-0.39, 0.29) is 5.82 Å². The molecule has 1 aromatic rings. The molecule has 15 heavy (non-hydrogen) atoms. The van der Waals surface area contributed by atoms with Crippen LogP contribution in [0.15, 0.2) is 18.2 Å². The van der Waals surface area contributed by atoms with E-state index in [0.717, 1.165) is 11.5 Å². The molecule has 1 aliphatic rings. The maximum Gasteiger partial charge on any atom is 0.126 e. The molecule has 0 spiro atoms. The van der Waals surface area contributed by atoms with Gasteiger partial charge in [-0.2, -0.15) is 0 Å². The van der Waals surface area contributed by atoms with Crippen molar-refractivity contribution in [1.29, 1.82) is 0 Å². The number of hydrogen-bond acceptors (Lipinski definition) is 0. The first-order chi connectivity index (χ1) is 7.18. The highest BCUT2D eigenvalue weighted by Crippen LogP contribution is 2.37. The van der Waals surface area contributed by atoms with Crippen LogP contribution in [0.5, 0.6) is 0 Å². The third kappa shape index (κ3) is 2.22. The second kappa shape index (κ2) is 4.34. The topological polar surface area (TPSA) is 0 Å². The highest BCUT2D eigenvalue weighted by Gasteiger charge is 2.21. The molecule has 82 valence electrons. The van der Waals surface area contributed by atoms with Crippen molar-refractivity contribution >= 4 is 0 Å². The minimum atomic E-state index is -0.0499. The van der Waals surface area contributed by atoms with Gasteiger partial charge in [0.1, 0.15) is 5.82 Å². The predicted molar refractivity (Wildman–Crippen MR) is 61.5 cm³/mol. The Morgan fingerprint density at radius 1 is 1.13 bits per heavy atom. The second-order valence-corrected chi connectivity index (χ2v) is 4.91. The summed E-state index contributed by atoms with van der Waals surface area (Å²) in [6.07, 6.45) is 5.04. The number of benzene rings is 1. The Hall–Kier alpha value is -0.850. The maximum atomic E-state index is 13.4. The predicted octanol–water partition coefficient (Wildman–Crippen LogP) is 4.43. The van der Waals surface area contributed by atoms with Crippen LogP contribution < -0.4 is 0 Å². The van der Waals surface area contributed by atoms with E-state index in [1.54, 1.807) is 6.07 Å². The molecule has 0 nitrogen and oxygen atoms in total. The molecule has 1 aromatic carbocycles. The van der Waals surface area contributed by atoms with E-state index in [1.807, 2.05) is 13.0 Å². The monoisotopic (exact) mass is 206 g/mol. The van der Waals surface area contributed by atoms with Gasteiger partial charge in [-0.15, -0.1) is 0 Å². The van der Waals surface area contributed by atoms with Gasteiger partial charge in [-0.3, -0.25) is 0 Å². The van der Waals surface area contributed by atoms with E-state index in [2.05, 4.69) is 13.0 Å². The fraction of sp³-hybridized carbons (Fsp3) is 0.571. The minimum Gasteiger partial charge on any atom is -0.207 e. The first-order valence-corrected chi connectivity index (χ1v) is 5.93. The van der Waals surface area contributed by atoms with Gasteiger partial charge in [0.15, 0.2) is 0 Å². The SMILES string of the molecule is Cc1c(F)cccc1C1CCC(C)CC1. The van der Waals surface area contributed by atoms with E-state index in [0.29, 0.717) is 5.92 Å². The van der Waals surface area contributed by atoms with Crippen LogP contribution in [0.2, 0.25) is 0 Å². The highest BCUT2D eigenvalue weighted by molar-refractivity contribution is 5.30. The Labute approximate surface area is 91.5 Å². The second-order valence-electron chi connectivity index (χ2n) is 4.91. The lowest BCUT2D eigenvalue weighted by atomic mass is 9.78. The molecule has 1 aliphatic carbocycles. The highest BCUT2D eigenvalue weighted by atomic mass is 19.1. The summed E-state index contributed by atoms with van der Waals surface area (Å²) in [7, 11) is 0. The molecular formula is C14H19F. The van der Waals surface area contributed by atoms with Crippen molar-refractivity contribution in [2.75, 3.05) is 0 Å². The molecule has 1 fully saturated rings. The summed E-state index contributed by atoms with van der Waals surface area (Å²) in [5, 5.41) is 0. The summed E-state index contributed by atoms with van der Waals surface area (Å²) in [4.78, 5) is 0. The summed E-state index contributed by atoms with van der Waals surface area (Å²) in [5.41, 5.74) is 2.10. The molecule has 0 radical (unpaired) electrons. The van der Waals surface area contributed by atoms with Gasteiger partial charge >= 0.3 is 0 Å². The first-order valence-electron chi connectivity index (χ1n) is 5.93. The van der Waals surface area contributed by atoms with Gasteiger partial charge in [0.2, 0.25) is 0 Å². The third-order valence-corrected chi connectivity index (χ3v) is 3.77.